The Morgan fingerprint density at radius 1 is 1.44 bits per heavy atom. The molecule has 1 aromatic rings. The van der Waals surface area contributed by atoms with Crippen LogP contribution in [0, 0.1) is 0 Å². The first-order chi connectivity index (χ1) is 7.54. The van der Waals surface area contributed by atoms with Gasteiger partial charge in [0.1, 0.15) is 0 Å². The van der Waals surface area contributed by atoms with E-state index in [2.05, 4.69) is 0 Å². The van der Waals surface area contributed by atoms with E-state index < -0.39 is 6.04 Å². The number of carbonyl (C=O) groups is 1. The van der Waals surface area contributed by atoms with Gasteiger partial charge in [-0.1, -0.05) is 29.3 Å². The molecule has 0 aliphatic rings. The van der Waals surface area contributed by atoms with Gasteiger partial charge >= 0.3 is 5.97 Å². The van der Waals surface area contributed by atoms with Gasteiger partial charge in [0.25, 0.3) is 0 Å². The van der Waals surface area contributed by atoms with Crippen LogP contribution in [-0.2, 0) is 9.53 Å². The Bertz CT molecular complexity index is 382. The van der Waals surface area contributed by atoms with Crippen molar-refractivity contribution in [1.82, 2.24) is 0 Å². The van der Waals surface area contributed by atoms with E-state index in [0.717, 1.165) is 5.56 Å². The van der Waals surface area contributed by atoms with Gasteiger partial charge in [0, 0.05) is 6.04 Å². The fraction of sp³-hybridized carbons (Fsp3) is 0.364. The average Bonchev–Trinajstić information content (AvgIpc) is 2.22. The second-order valence-electron chi connectivity index (χ2n) is 3.29. The lowest BCUT2D eigenvalue weighted by molar-refractivity contribution is -0.143. The monoisotopic (exact) mass is 261 g/mol. The van der Waals surface area contributed by atoms with Crippen LogP contribution >= 0.6 is 23.2 Å². The topological polar surface area (TPSA) is 52.3 Å². The highest BCUT2D eigenvalue weighted by atomic mass is 35.5. The molecule has 0 bridgehead atoms. The zero-order valence-corrected chi connectivity index (χ0v) is 10.4. The van der Waals surface area contributed by atoms with E-state index >= 15 is 0 Å². The second-order valence-corrected chi connectivity index (χ2v) is 4.10. The molecule has 0 saturated carbocycles. The Balaban J connectivity index is 2.69. The Labute approximate surface area is 104 Å². The number of rotatable bonds is 4. The first-order valence-electron chi connectivity index (χ1n) is 4.90. The maximum absolute atomic E-state index is 11.2. The molecule has 0 saturated heterocycles. The van der Waals surface area contributed by atoms with Crippen LogP contribution < -0.4 is 5.73 Å². The summed E-state index contributed by atoms with van der Waals surface area (Å²) in [4.78, 5) is 11.2. The molecule has 0 spiro atoms. The van der Waals surface area contributed by atoms with Crippen LogP contribution in [0.1, 0.15) is 24.9 Å². The lowest BCUT2D eigenvalue weighted by Crippen LogP contribution is -2.17. The quantitative estimate of drug-likeness (QED) is 0.849. The van der Waals surface area contributed by atoms with Crippen molar-refractivity contribution in [3.05, 3.63) is 33.8 Å². The number of ether oxygens (including phenoxy) is 1. The van der Waals surface area contributed by atoms with Gasteiger partial charge in [-0.3, -0.25) is 4.79 Å². The van der Waals surface area contributed by atoms with Crippen molar-refractivity contribution in [3.8, 4) is 0 Å². The zero-order chi connectivity index (χ0) is 12.1. The van der Waals surface area contributed by atoms with Gasteiger partial charge < -0.3 is 10.5 Å². The van der Waals surface area contributed by atoms with E-state index in [4.69, 9.17) is 33.7 Å². The van der Waals surface area contributed by atoms with Crippen LogP contribution in [0.4, 0.5) is 0 Å². The molecule has 2 N–H and O–H groups in total. The van der Waals surface area contributed by atoms with Gasteiger partial charge in [-0.15, -0.1) is 0 Å². The third-order valence-electron chi connectivity index (χ3n) is 2.06. The zero-order valence-electron chi connectivity index (χ0n) is 8.87. The van der Waals surface area contributed by atoms with Gasteiger partial charge in [0.15, 0.2) is 0 Å². The first-order valence-corrected chi connectivity index (χ1v) is 5.66. The van der Waals surface area contributed by atoms with Crippen molar-refractivity contribution in [2.24, 2.45) is 5.73 Å². The summed E-state index contributed by atoms with van der Waals surface area (Å²) in [6.45, 7) is 2.11. The predicted molar refractivity (Wildman–Crippen MR) is 64.6 cm³/mol. The fourth-order valence-corrected chi connectivity index (χ4v) is 1.57. The molecule has 3 nitrogen and oxygen atoms in total. The lowest BCUT2D eigenvalue weighted by atomic mass is 10.1. The molecule has 88 valence electrons. The number of hydrogen-bond donors (Lipinski definition) is 1. The third kappa shape index (κ3) is 3.67. The van der Waals surface area contributed by atoms with Crippen molar-refractivity contribution in [2.45, 2.75) is 19.4 Å². The Morgan fingerprint density at radius 2 is 2.12 bits per heavy atom. The van der Waals surface area contributed by atoms with Crippen molar-refractivity contribution in [3.63, 3.8) is 0 Å². The minimum atomic E-state index is -0.422. The van der Waals surface area contributed by atoms with Crippen LogP contribution in [0.3, 0.4) is 0 Å². The molecule has 16 heavy (non-hydrogen) atoms. The molecule has 5 heteroatoms. The minimum Gasteiger partial charge on any atom is -0.466 e. The molecule has 0 heterocycles. The van der Waals surface area contributed by atoms with Crippen molar-refractivity contribution >= 4 is 29.2 Å². The molecule has 0 aliphatic carbocycles. The van der Waals surface area contributed by atoms with Crippen LogP contribution in [-0.4, -0.2) is 12.6 Å². The molecular weight excluding hydrogens is 249 g/mol. The summed E-state index contributed by atoms with van der Waals surface area (Å²) in [5.41, 5.74) is 6.61. The van der Waals surface area contributed by atoms with Crippen molar-refractivity contribution in [2.75, 3.05) is 6.61 Å². The Kier molecular flexibility index (Phi) is 5.06. The first kappa shape index (κ1) is 13.3. The molecule has 1 unspecified atom stereocenters. The van der Waals surface area contributed by atoms with Gasteiger partial charge in [0.05, 0.1) is 23.1 Å². The minimum absolute atomic E-state index is 0.131. The Morgan fingerprint density at radius 3 is 2.69 bits per heavy atom. The predicted octanol–water partition coefficient (Wildman–Crippen LogP) is 2.95. The summed E-state index contributed by atoms with van der Waals surface area (Å²) in [6, 6.07) is 4.64. The Hall–Kier alpha value is -0.770. The molecule has 0 fully saturated rings. The van der Waals surface area contributed by atoms with Crippen LogP contribution in [0.15, 0.2) is 18.2 Å². The van der Waals surface area contributed by atoms with E-state index in [1.807, 2.05) is 0 Å². The highest BCUT2D eigenvalue weighted by Gasteiger charge is 2.13. The molecule has 0 amide bonds. The number of nitrogens with two attached hydrogens (primary N) is 1. The highest BCUT2D eigenvalue weighted by Crippen LogP contribution is 2.26. The number of hydrogen-bond acceptors (Lipinski definition) is 3. The average molecular weight is 262 g/mol. The standard InChI is InChI=1S/C11H13Cl2NO2/c1-2-16-11(15)6-10(14)7-3-4-8(12)9(13)5-7/h3-5,10H,2,6,14H2,1H3. The van der Waals surface area contributed by atoms with Crippen molar-refractivity contribution in [1.29, 1.82) is 0 Å². The van der Waals surface area contributed by atoms with Gasteiger partial charge in [-0.2, -0.15) is 0 Å². The summed E-state index contributed by atoms with van der Waals surface area (Å²) >= 11 is 11.6. The van der Waals surface area contributed by atoms with Crippen LogP contribution in [0.2, 0.25) is 10.0 Å². The SMILES string of the molecule is CCOC(=O)CC(N)c1ccc(Cl)c(Cl)c1. The number of esters is 1. The van der Waals surface area contributed by atoms with E-state index in [1.165, 1.54) is 0 Å². The summed E-state index contributed by atoms with van der Waals surface area (Å²) in [7, 11) is 0. The lowest BCUT2D eigenvalue weighted by Gasteiger charge is -2.11. The van der Waals surface area contributed by atoms with E-state index in [-0.39, 0.29) is 12.4 Å². The highest BCUT2D eigenvalue weighted by molar-refractivity contribution is 6.42. The number of benzene rings is 1. The van der Waals surface area contributed by atoms with Crippen LogP contribution in [0.25, 0.3) is 0 Å². The molecule has 1 aromatic carbocycles. The summed E-state index contributed by atoms with van der Waals surface area (Å²) in [5, 5.41) is 0.896. The number of carbonyl (C=O) groups excluding carboxylic acids is 1. The van der Waals surface area contributed by atoms with Gasteiger partial charge in [-0.25, -0.2) is 0 Å². The van der Waals surface area contributed by atoms with Crippen LogP contribution in [0.5, 0.6) is 0 Å². The molecule has 0 radical (unpaired) electrons. The smallest absolute Gasteiger partial charge is 0.307 e. The van der Waals surface area contributed by atoms with E-state index in [0.29, 0.717) is 16.7 Å². The normalized spacial score (nSPS) is 12.2. The molecule has 0 aliphatic heterocycles. The fourth-order valence-electron chi connectivity index (χ4n) is 1.26. The van der Waals surface area contributed by atoms with Gasteiger partial charge in [-0.05, 0) is 24.6 Å². The van der Waals surface area contributed by atoms with E-state index in [1.54, 1.807) is 25.1 Å². The summed E-state index contributed by atoms with van der Waals surface area (Å²) < 4.78 is 4.81. The second kappa shape index (κ2) is 6.09. The molecule has 1 atom stereocenters. The number of halogens is 2. The molecule has 1 rings (SSSR count). The summed E-state index contributed by atoms with van der Waals surface area (Å²) in [5.74, 6) is -0.318. The summed E-state index contributed by atoms with van der Waals surface area (Å²) in [6.07, 6.45) is 0.131. The maximum Gasteiger partial charge on any atom is 0.307 e. The third-order valence-corrected chi connectivity index (χ3v) is 2.80. The van der Waals surface area contributed by atoms with E-state index in [9.17, 15) is 4.79 Å². The molecule has 0 aromatic heterocycles. The van der Waals surface area contributed by atoms with Crippen molar-refractivity contribution < 1.29 is 9.53 Å². The largest absolute Gasteiger partial charge is 0.466 e. The van der Waals surface area contributed by atoms with Gasteiger partial charge in [0.2, 0.25) is 0 Å². The molecular formula is C11H13Cl2NO2. The maximum atomic E-state index is 11.2.